The van der Waals surface area contributed by atoms with Gasteiger partial charge in [0, 0.05) is 29.3 Å². The third-order valence-electron chi connectivity index (χ3n) is 3.43. The second-order valence-corrected chi connectivity index (χ2v) is 7.22. The zero-order valence-corrected chi connectivity index (χ0v) is 15.4. The third-order valence-corrected chi connectivity index (χ3v) is 4.82. The molecule has 2 aromatic heterocycles. The van der Waals surface area contributed by atoms with Crippen LogP contribution in [0.15, 0.2) is 34.9 Å². The average molecular weight is 377 g/mol. The summed E-state index contributed by atoms with van der Waals surface area (Å²) in [6, 6.07) is 7.31. The highest BCUT2D eigenvalue weighted by Gasteiger charge is 2.12. The van der Waals surface area contributed by atoms with Crippen molar-refractivity contribution in [2.45, 2.75) is 32.6 Å². The Balaban J connectivity index is 1.54. The summed E-state index contributed by atoms with van der Waals surface area (Å²) in [5.74, 6) is 1.32. The van der Waals surface area contributed by atoms with Crippen LogP contribution in [-0.2, 0) is 11.2 Å². The van der Waals surface area contributed by atoms with Crippen LogP contribution in [0.3, 0.4) is 0 Å². The van der Waals surface area contributed by atoms with Crippen molar-refractivity contribution < 1.29 is 9.21 Å². The van der Waals surface area contributed by atoms with Gasteiger partial charge in [-0.3, -0.25) is 4.79 Å². The summed E-state index contributed by atoms with van der Waals surface area (Å²) in [5.41, 5.74) is 0.891. The first-order chi connectivity index (χ1) is 12.0. The number of aromatic nitrogens is 3. The second kappa shape index (κ2) is 7.76. The number of hydrogen-bond acceptors (Lipinski definition) is 6. The van der Waals surface area contributed by atoms with Crippen LogP contribution in [0.4, 0.5) is 5.13 Å². The molecule has 25 heavy (non-hydrogen) atoms. The Kier molecular flexibility index (Phi) is 5.45. The van der Waals surface area contributed by atoms with E-state index in [-0.39, 0.29) is 12.3 Å². The molecule has 1 amide bonds. The average Bonchev–Trinajstić information content (AvgIpc) is 3.23. The molecule has 6 nitrogen and oxygen atoms in total. The Morgan fingerprint density at radius 1 is 1.28 bits per heavy atom. The smallest absolute Gasteiger partial charge is 0.226 e. The molecule has 0 bridgehead atoms. The fraction of sp³-hybridized carbons (Fsp3) is 0.294. The minimum Gasteiger partial charge on any atom is -0.441 e. The standard InChI is InChI=1S/C17H17ClN4O2S/c1-10(2)16-21-22-17(25-16)20-14(23)7-8-15-19-9-13(24-15)11-3-5-12(18)6-4-11/h3-6,9-10H,7-8H2,1-2H3,(H,20,22,23). The number of nitrogens with one attached hydrogen (secondary N) is 1. The van der Waals surface area contributed by atoms with Crippen molar-refractivity contribution >= 4 is 34.0 Å². The lowest BCUT2D eigenvalue weighted by Gasteiger charge is -1.99. The maximum Gasteiger partial charge on any atom is 0.226 e. The summed E-state index contributed by atoms with van der Waals surface area (Å²) in [5, 5.41) is 12.8. The first-order valence-corrected chi connectivity index (χ1v) is 9.04. The fourth-order valence-electron chi connectivity index (χ4n) is 2.09. The molecule has 3 rings (SSSR count). The van der Waals surface area contributed by atoms with E-state index in [1.54, 1.807) is 18.3 Å². The molecule has 8 heteroatoms. The van der Waals surface area contributed by atoms with E-state index in [1.807, 2.05) is 26.0 Å². The summed E-state index contributed by atoms with van der Waals surface area (Å²) in [6.45, 7) is 4.07. The molecule has 0 spiro atoms. The van der Waals surface area contributed by atoms with Crippen LogP contribution in [-0.4, -0.2) is 21.1 Å². The van der Waals surface area contributed by atoms with E-state index in [2.05, 4.69) is 20.5 Å². The number of hydrogen-bond donors (Lipinski definition) is 1. The van der Waals surface area contributed by atoms with E-state index < -0.39 is 0 Å². The number of oxazole rings is 1. The minimum atomic E-state index is -0.141. The van der Waals surface area contributed by atoms with E-state index in [0.717, 1.165) is 10.6 Å². The lowest BCUT2D eigenvalue weighted by atomic mass is 10.2. The number of carbonyl (C=O) groups excluding carboxylic acids is 1. The number of nitrogens with zero attached hydrogens (tertiary/aromatic N) is 3. The number of halogens is 1. The summed E-state index contributed by atoms with van der Waals surface area (Å²) < 4.78 is 5.69. The highest BCUT2D eigenvalue weighted by atomic mass is 35.5. The van der Waals surface area contributed by atoms with Gasteiger partial charge in [0.25, 0.3) is 0 Å². The van der Waals surface area contributed by atoms with E-state index in [0.29, 0.717) is 34.1 Å². The van der Waals surface area contributed by atoms with Gasteiger partial charge in [-0.1, -0.05) is 36.8 Å². The minimum absolute atomic E-state index is 0.141. The molecule has 0 aliphatic carbocycles. The van der Waals surface area contributed by atoms with Crippen molar-refractivity contribution in [1.29, 1.82) is 0 Å². The topological polar surface area (TPSA) is 80.9 Å². The van der Waals surface area contributed by atoms with Gasteiger partial charge in [-0.15, -0.1) is 10.2 Å². The van der Waals surface area contributed by atoms with Gasteiger partial charge in [0.05, 0.1) is 6.20 Å². The van der Waals surface area contributed by atoms with E-state index >= 15 is 0 Å². The first kappa shape index (κ1) is 17.6. The van der Waals surface area contributed by atoms with Crippen LogP contribution in [0.1, 0.15) is 37.1 Å². The van der Waals surface area contributed by atoms with Crippen LogP contribution < -0.4 is 5.32 Å². The molecule has 0 saturated heterocycles. The van der Waals surface area contributed by atoms with E-state index in [9.17, 15) is 4.79 Å². The van der Waals surface area contributed by atoms with Gasteiger partial charge >= 0.3 is 0 Å². The zero-order chi connectivity index (χ0) is 17.8. The number of benzene rings is 1. The van der Waals surface area contributed by atoms with Crippen molar-refractivity contribution in [2.24, 2.45) is 0 Å². The van der Waals surface area contributed by atoms with Crippen LogP contribution in [0.25, 0.3) is 11.3 Å². The molecule has 3 aromatic rings. The molecule has 2 heterocycles. The molecule has 0 atom stereocenters. The Bertz CT molecular complexity index is 858. The van der Waals surface area contributed by atoms with Gasteiger partial charge in [-0.2, -0.15) is 0 Å². The van der Waals surface area contributed by atoms with Gasteiger partial charge in [-0.25, -0.2) is 4.98 Å². The maximum atomic E-state index is 12.0. The first-order valence-electron chi connectivity index (χ1n) is 7.85. The quantitative estimate of drug-likeness (QED) is 0.682. The number of amides is 1. The molecule has 0 fully saturated rings. The van der Waals surface area contributed by atoms with Gasteiger partial charge in [0.1, 0.15) is 5.01 Å². The SMILES string of the molecule is CC(C)c1nnc(NC(=O)CCc2ncc(-c3ccc(Cl)cc3)o2)s1. The van der Waals surface area contributed by atoms with Crippen molar-refractivity contribution in [2.75, 3.05) is 5.32 Å². The molecular formula is C17H17ClN4O2S. The Morgan fingerprint density at radius 3 is 2.72 bits per heavy atom. The molecule has 1 aromatic carbocycles. The zero-order valence-electron chi connectivity index (χ0n) is 13.8. The predicted octanol–water partition coefficient (Wildman–Crippen LogP) is 4.54. The van der Waals surface area contributed by atoms with Crippen molar-refractivity contribution in [3.8, 4) is 11.3 Å². The molecule has 0 radical (unpaired) electrons. The highest BCUT2D eigenvalue weighted by Crippen LogP contribution is 2.24. The Morgan fingerprint density at radius 2 is 2.04 bits per heavy atom. The lowest BCUT2D eigenvalue weighted by Crippen LogP contribution is -2.12. The van der Waals surface area contributed by atoms with Crippen LogP contribution in [0.5, 0.6) is 0 Å². The van der Waals surface area contributed by atoms with Gasteiger partial charge < -0.3 is 9.73 Å². The third kappa shape index (κ3) is 4.64. The number of anilines is 1. The van der Waals surface area contributed by atoms with Crippen LogP contribution >= 0.6 is 22.9 Å². The number of aryl methyl sites for hydroxylation is 1. The van der Waals surface area contributed by atoms with E-state index in [1.165, 1.54) is 11.3 Å². The van der Waals surface area contributed by atoms with Gasteiger partial charge in [0.2, 0.25) is 11.0 Å². The monoisotopic (exact) mass is 376 g/mol. The molecule has 0 aliphatic heterocycles. The number of rotatable bonds is 6. The van der Waals surface area contributed by atoms with E-state index in [4.69, 9.17) is 16.0 Å². The van der Waals surface area contributed by atoms with Gasteiger partial charge in [0.15, 0.2) is 11.7 Å². The largest absolute Gasteiger partial charge is 0.441 e. The van der Waals surface area contributed by atoms with Crippen molar-refractivity contribution in [1.82, 2.24) is 15.2 Å². The molecule has 0 aliphatic rings. The molecular weight excluding hydrogens is 360 g/mol. The van der Waals surface area contributed by atoms with Gasteiger partial charge in [-0.05, 0) is 24.3 Å². The lowest BCUT2D eigenvalue weighted by molar-refractivity contribution is -0.116. The maximum absolute atomic E-state index is 12.0. The van der Waals surface area contributed by atoms with Crippen molar-refractivity contribution in [3.05, 3.63) is 46.4 Å². The fourth-order valence-corrected chi connectivity index (χ4v) is 2.98. The summed E-state index contributed by atoms with van der Waals surface area (Å²) >= 11 is 7.26. The molecule has 1 N–H and O–H groups in total. The Hall–Kier alpha value is -2.25. The van der Waals surface area contributed by atoms with Crippen LogP contribution in [0.2, 0.25) is 5.02 Å². The Labute approximate surface area is 154 Å². The summed E-state index contributed by atoms with van der Waals surface area (Å²) in [6.07, 6.45) is 2.32. The molecule has 130 valence electrons. The van der Waals surface area contributed by atoms with Crippen molar-refractivity contribution in [3.63, 3.8) is 0 Å². The predicted molar refractivity (Wildman–Crippen MR) is 97.9 cm³/mol. The summed E-state index contributed by atoms with van der Waals surface area (Å²) in [4.78, 5) is 16.2. The normalized spacial score (nSPS) is 11.0. The highest BCUT2D eigenvalue weighted by molar-refractivity contribution is 7.15. The van der Waals surface area contributed by atoms with Crippen LogP contribution in [0, 0.1) is 0 Å². The number of carbonyl (C=O) groups is 1. The second-order valence-electron chi connectivity index (χ2n) is 5.77. The molecule has 0 unspecified atom stereocenters. The summed E-state index contributed by atoms with van der Waals surface area (Å²) in [7, 11) is 0. The molecule has 0 saturated carbocycles.